The topological polar surface area (TPSA) is 97.4 Å². The van der Waals surface area contributed by atoms with Gasteiger partial charge in [0.1, 0.15) is 5.75 Å². The molecule has 0 aromatic heterocycles. The van der Waals surface area contributed by atoms with Crippen molar-refractivity contribution >= 4 is 23.5 Å². The van der Waals surface area contributed by atoms with Crippen LogP contribution in [0.1, 0.15) is 26.3 Å². The van der Waals surface area contributed by atoms with Gasteiger partial charge in [0.25, 0.3) is 0 Å². The van der Waals surface area contributed by atoms with E-state index in [4.69, 9.17) is 14.2 Å². The fourth-order valence-corrected chi connectivity index (χ4v) is 3.71. The number of nitrogens with zero attached hydrogens (tertiary/aromatic N) is 2. The number of carbonyl (C=O) groups is 3. The lowest BCUT2D eigenvalue weighted by molar-refractivity contribution is -0.117. The monoisotopic (exact) mass is 455 g/mol. The molecular formula is C24H29N3O6. The van der Waals surface area contributed by atoms with Crippen LogP contribution in [0, 0.1) is 0 Å². The SMILES string of the molecule is COC(=O)c1cc(NC(=O)CN2CCN(Cc3cccc(OC)c3)CC2)cc(C(=O)OC)c1. The van der Waals surface area contributed by atoms with Crippen molar-refractivity contribution in [1.82, 2.24) is 9.80 Å². The Bertz CT molecular complexity index is 967. The van der Waals surface area contributed by atoms with Crippen LogP contribution < -0.4 is 10.1 Å². The fourth-order valence-electron chi connectivity index (χ4n) is 3.71. The Balaban J connectivity index is 1.55. The third kappa shape index (κ3) is 6.77. The van der Waals surface area contributed by atoms with Crippen molar-refractivity contribution in [3.63, 3.8) is 0 Å². The smallest absolute Gasteiger partial charge is 0.337 e. The first kappa shape index (κ1) is 24.2. The quantitative estimate of drug-likeness (QED) is 0.604. The molecule has 0 spiro atoms. The summed E-state index contributed by atoms with van der Waals surface area (Å²) in [6.07, 6.45) is 0. The van der Waals surface area contributed by atoms with Gasteiger partial charge in [-0.2, -0.15) is 0 Å². The van der Waals surface area contributed by atoms with Gasteiger partial charge in [-0.25, -0.2) is 9.59 Å². The molecule has 0 unspecified atom stereocenters. The number of carbonyl (C=O) groups excluding carboxylic acids is 3. The maximum atomic E-state index is 12.6. The van der Waals surface area contributed by atoms with Crippen LogP contribution in [0.15, 0.2) is 42.5 Å². The summed E-state index contributed by atoms with van der Waals surface area (Å²) in [5.74, 6) is -0.602. The third-order valence-corrected chi connectivity index (χ3v) is 5.43. The van der Waals surface area contributed by atoms with E-state index >= 15 is 0 Å². The van der Waals surface area contributed by atoms with Gasteiger partial charge in [-0.05, 0) is 35.9 Å². The van der Waals surface area contributed by atoms with Crippen molar-refractivity contribution in [3.8, 4) is 5.75 Å². The number of ether oxygens (including phenoxy) is 3. The maximum Gasteiger partial charge on any atom is 0.337 e. The molecule has 9 nitrogen and oxygen atoms in total. The zero-order chi connectivity index (χ0) is 23.8. The van der Waals surface area contributed by atoms with E-state index in [0.29, 0.717) is 5.69 Å². The molecule has 2 aromatic carbocycles. The minimum Gasteiger partial charge on any atom is -0.497 e. The van der Waals surface area contributed by atoms with Crippen LogP contribution in [0.2, 0.25) is 0 Å². The van der Waals surface area contributed by atoms with E-state index in [1.807, 2.05) is 18.2 Å². The molecule has 176 valence electrons. The largest absolute Gasteiger partial charge is 0.497 e. The van der Waals surface area contributed by atoms with E-state index in [2.05, 4.69) is 21.2 Å². The lowest BCUT2D eigenvalue weighted by Gasteiger charge is -2.34. The highest BCUT2D eigenvalue weighted by Crippen LogP contribution is 2.18. The number of rotatable bonds is 8. The zero-order valence-corrected chi connectivity index (χ0v) is 19.1. The van der Waals surface area contributed by atoms with Crippen LogP contribution in [-0.2, 0) is 20.8 Å². The van der Waals surface area contributed by atoms with E-state index in [9.17, 15) is 14.4 Å². The molecule has 1 saturated heterocycles. The summed E-state index contributed by atoms with van der Waals surface area (Å²) < 4.78 is 14.7. The summed E-state index contributed by atoms with van der Waals surface area (Å²) in [4.78, 5) is 40.9. The van der Waals surface area contributed by atoms with Crippen LogP contribution in [-0.4, -0.2) is 81.7 Å². The maximum absolute atomic E-state index is 12.6. The summed E-state index contributed by atoms with van der Waals surface area (Å²) in [6.45, 7) is 4.24. The third-order valence-electron chi connectivity index (χ3n) is 5.43. The molecular weight excluding hydrogens is 426 g/mol. The molecule has 1 aliphatic heterocycles. The molecule has 3 rings (SSSR count). The first-order valence-corrected chi connectivity index (χ1v) is 10.6. The molecule has 1 N–H and O–H groups in total. The molecule has 1 fully saturated rings. The second kappa shape index (κ2) is 11.4. The van der Waals surface area contributed by atoms with Gasteiger partial charge in [-0.15, -0.1) is 0 Å². The number of esters is 2. The van der Waals surface area contributed by atoms with Crippen LogP contribution in [0.3, 0.4) is 0 Å². The molecule has 1 aliphatic rings. The van der Waals surface area contributed by atoms with Gasteiger partial charge < -0.3 is 19.5 Å². The second-order valence-corrected chi connectivity index (χ2v) is 7.73. The Labute approximate surface area is 193 Å². The van der Waals surface area contributed by atoms with Gasteiger partial charge in [-0.1, -0.05) is 12.1 Å². The molecule has 9 heteroatoms. The Morgan fingerprint density at radius 1 is 0.848 bits per heavy atom. The van der Waals surface area contributed by atoms with Gasteiger partial charge in [0.2, 0.25) is 5.91 Å². The van der Waals surface area contributed by atoms with E-state index in [1.165, 1.54) is 38.0 Å². The van der Waals surface area contributed by atoms with E-state index in [-0.39, 0.29) is 23.6 Å². The van der Waals surface area contributed by atoms with Gasteiger partial charge in [0, 0.05) is 38.4 Å². The molecule has 33 heavy (non-hydrogen) atoms. The minimum atomic E-state index is -0.608. The fraction of sp³-hybridized carbons (Fsp3) is 0.375. The highest BCUT2D eigenvalue weighted by atomic mass is 16.5. The second-order valence-electron chi connectivity index (χ2n) is 7.73. The predicted octanol–water partition coefficient (Wildman–Crippen LogP) is 2.02. The first-order valence-electron chi connectivity index (χ1n) is 10.6. The average molecular weight is 456 g/mol. The van der Waals surface area contributed by atoms with E-state index < -0.39 is 11.9 Å². The lowest BCUT2D eigenvalue weighted by atomic mass is 10.1. The summed E-state index contributed by atoms with van der Waals surface area (Å²) in [5, 5.41) is 2.77. The molecule has 1 heterocycles. The number of hydrogen-bond acceptors (Lipinski definition) is 8. The number of amides is 1. The average Bonchev–Trinajstić information content (AvgIpc) is 2.84. The molecule has 0 atom stereocenters. The highest BCUT2D eigenvalue weighted by molar-refractivity contribution is 5.99. The first-order chi connectivity index (χ1) is 15.9. The molecule has 0 radical (unpaired) electrons. The lowest BCUT2D eigenvalue weighted by Crippen LogP contribution is -2.48. The number of nitrogens with one attached hydrogen (secondary N) is 1. The summed E-state index contributed by atoms with van der Waals surface area (Å²) in [6, 6.07) is 12.3. The summed E-state index contributed by atoms with van der Waals surface area (Å²) >= 11 is 0. The van der Waals surface area contributed by atoms with E-state index in [0.717, 1.165) is 38.5 Å². The van der Waals surface area contributed by atoms with Crippen LogP contribution in [0.4, 0.5) is 5.69 Å². The van der Waals surface area contributed by atoms with Crippen molar-refractivity contribution < 1.29 is 28.6 Å². The minimum absolute atomic E-state index is 0.154. The van der Waals surface area contributed by atoms with Crippen molar-refractivity contribution in [2.45, 2.75) is 6.54 Å². The molecule has 2 aromatic rings. The highest BCUT2D eigenvalue weighted by Gasteiger charge is 2.20. The van der Waals surface area contributed by atoms with Crippen molar-refractivity contribution in [3.05, 3.63) is 59.2 Å². The summed E-state index contributed by atoms with van der Waals surface area (Å²) in [5.41, 5.74) is 1.83. The Hall–Kier alpha value is -3.43. The van der Waals surface area contributed by atoms with Crippen molar-refractivity contribution in [2.75, 3.05) is 59.4 Å². The zero-order valence-electron chi connectivity index (χ0n) is 19.1. The van der Waals surface area contributed by atoms with E-state index in [1.54, 1.807) is 7.11 Å². The predicted molar refractivity (Wildman–Crippen MR) is 122 cm³/mol. The number of hydrogen-bond donors (Lipinski definition) is 1. The van der Waals surface area contributed by atoms with Gasteiger partial charge in [-0.3, -0.25) is 14.6 Å². The number of anilines is 1. The number of piperazine rings is 1. The van der Waals surface area contributed by atoms with Crippen LogP contribution in [0.25, 0.3) is 0 Å². The Morgan fingerprint density at radius 2 is 1.45 bits per heavy atom. The molecule has 0 aliphatic carbocycles. The van der Waals surface area contributed by atoms with Crippen molar-refractivity contribution in [1.29, 1.82) is 0 Å². The normalized spacial score (nSPS) is 14.4. The molecule has 1 amide bonds. The standard InChI is InChI=1S/C24H29N3O6/c1-31-21-6-4-5-17(11-21)15-26-7-9-27(10-8-26)16-22(28)25-20-13-18(23(29)32-2)12-19(14-20)24(30)33-3/h4-6,11-14H,7-10,15-16H2,1-3H3,(H,25,28). The van der Waals surface area contributed by atoms with Gasteiger partial charge in [0.15, 0.2) is 0 Å². The Kier molecular flexibility index (Phi) is 8.39. The van der Waals surface area contributed by atoms with Gasteiger partial charge >= 0.3 is 11.9 Å². The molecule has 0 bridgehead atoms. The number of benzene rings is 2. The van der Waals surface area contributed by atoms with Crippen molar-refractivity contribution in [2.24, 2.45) is 0 Å². The van der Waals surface area contributed by atoms with Crippen LogP contribution in [0.5, 0.6) is 5.75 Å². The number of methoxy groups -OCH3 is 3. The Morgan fingerprint density at radius 3 is 2.03 bits per heavy atom. The van der Waals surface area contributed by atoms with Gasteiger partial charge in [0.05, 0.1) is 39.0 Å². The molecule has 0 saturated carbocycles. The van der Waals surface area contributed by atoms with Crippen LogP contribution >= 0.6 is 0 Å². The summed E-state index contributed by atoms with van der Waals surface area (Å²) in [7, 11) is 4.16.